The minimum absolute atomic E-state index is 0.313. The molecule has 2 rings (SSSR count). The van der Waals surface area contributed by atoms with Crippen LogP contribution in [0.15, 0.2) is 10.8 Å². The monoisotopic (exact) mass is 303 g/mol. The number of rotatable bonds is 4. The zero-order valence-corrected chi connectivity index (χ0v) is 11.0. The molecule has 2 heterocycles. The second kappa shape index (κ2) is 4.75. The summed E-state index contributed by atoms with van der Waals surface area (Å²) in [5.41, 5.74) is -0.640. The first-order valence-corrected chi connectivity index (χ1v) is 6.09. The normalized spacial score (nSPS) is 24.1. The summed E-state index contributed by atoms with van der Waals surface area (Å²) in [4.78, 5) is 15.0. The number of nitrogens with one attached hydrogen (secondary N) is 1. The molecule has 2 N–H and O–H groups in total. The van der Waals surface area contributed by atoms with Gasteiger partial charge < -0.3 is 19.7 Å². The van der Waals surface area contributed by atoms with Gasteiger partial charge in [-0.05, 0) is 28.9 Å². The average molecular weight is 304 g/mol. The molecule has 0 spiro atoms. The number of ether oxygens (including phenoxy) is 1. The van der Waals surface area contributed by atoms with Gasteiger partial charge in [0.1, 0.15) is 22.6 Å². The highest BCUT2D eigenvalue weighted by atomic mass is 79.9. The van der Waals surface area contributed by atoms with Crippen LogP contribution < -0.4 is 5.32 Å². The van der Waals surface area contributed by atoms with Crippen LogP contribution in [0.4, 0.5) is 0 Å². The summed E-state index contributed by atoms with van der Waals surface area (Å²) in [6.45, 7) is 1.06. The number of carbonyl (C=O) groups is 1. The van der Waals surface area contributed by atoms with Gasteiger partial charge in [-0.2, -0.15) is 0 Å². The van der Waals surface area contributed by atoms with E-state index >= 15 is 0 Å². The molecular weight excluding hydrogens is 290 g/mol. The Bertz CT molecular complexity index is 426. The molecule has 1 unspecified atom stereocenters. The van der Waals surface area contributed by atoms with Gasteiger partial charge in [0, 0.05) is 19.8 Å². The molecule has 0 bridgehead atoms. The Morgan fingerprint density at radius 2 is 2.59 bits per heavy atom. The van der Waals surface area contributed by atoms with Gasteiger partial charge in [-0.3, -0.25) is 0 Å². The van der Waals surface area contributed by atoms with Crippen molar-refractivity contribution in [1.82, 2.24) is 14.9 Å². The van der Waals surface area contributed by atoms with E-state index in [1.807, 2.05) is 17.8 Å². The van der Waals surface area contributed by atoms with Crippen molar-refractivity contribution in [3.05, 3.63) is 16.6 Å². The number of aromatic nitrogens is 2. The van der Waals surface area contributed by atoms with Crippen molar-refractivity contribution in [2.75, 3.05) is 19.7 Å². The Labute approximate surface area is 107 Å². The predicted octanol–water partition coefficient (Wildman–Crippen LogP) is 0.472. The number of aryl methyl sites for hydroxylation is 1. The van der Waals surface area contributed by atoms with Crippen LogP contribution >= 0.6 is 15.9 Å². The number of hydrogen-bond donors (Lipinski definition) is 2. The SMILES string of the molecule is Cn1cc(Br)nc1C1(OCC(=O)O)CCNC1. The third-order valence-electron chi connectivity index (χ3n) is 2.84. The van der Waals surface area contributed by atoms with Crippen LogP contribution in [0.2, 0.25) is 0 Å². The molecule has 1 aromatic heterocycles. The van der Waals surface area contributed by atoms with Crippen LogP contribution in [0.25, 0.3) is 0 Å². The molecule has 0 saturated carbocycles. The second-order valence-electron chi connectivity index (χ2n) is 4.10. The molecule has 7 heteroatoms. The third-order valence-corrected chi connectivity index (χ3v) is 3.22. The molecule has 0 amide bonds. The summed E-state index contributed by atoms with van der Waals surface area (Å²) in [5.74, 6) is -0.222. The summed E-state index contributed by atoms with van der Waals surface area (Å²) < 4.78 is 8.15. The number of halogens is 1. The quantitative estimate of drug-likeness (QED) is 0.846. The molecule has 6 nitrogen and oxygen atoms in total. The van der Waals surface area contributed by atoms with Crippen molar-refractivity contribution < 1.29 is 14.6 Å². The van der Waals surface area contributed by atoms with Crippen molar-refractivity contribution in [2.45, 2.75) is 12.0 Å². The molecule has 1 atom stereocenters. The summed E-state index contributed by atoms with van der Waals surface area (Å²) in [6, 6.07) is 0. The van der Waals surface area contributed by atoms with Crippen molar-refractivity contribution in [3.8, 4) is 0 Å². The number of carboxylic acid groups (broad SMARTS) is 1. The fourth-order valence-electron chi connectivity index (χ4n) is 2.10. The molecule has 1 aliphatic rings. The number of nitrogens with zero attached hydrogens (tertiary/aromatic N) is 2. The maximum atomic E-state index is 10.6. The number of carboxylic acids is 1. The van der Waals surface area contributed by atoms with Crippen LogP contribution in [0.1, 0.15) is 12.2 Å². The lowest BCUT2D eigenvalue weighted by Crippen LogP contribution is -2.36. The van der Waals surface area contributed by atoms with E-state index in [0.29, 0.717) is 6.54 Å². The first-order valence-electron chi connectivity index (χ1n) is 5.29. The molecular formula is C10H14BrN3O3. The van der Waals surface area contributed by atoms with Crippen molar-refractivity contribution in [2.24, 2.45) is 7.05 Å². The highest BCUT2D eigenvalue weighted by Crippen LogP contribution is 2.31. The number of aliphatic carboxylic acids is 1. The zero-order chi connectivity index (χ0) is 12.5. The smallest absolute Gasteiger partial charge is 0.329 e. The predicted molar refractivity (Wildman–Crippen MR) is 63.7 cm³/mol. The Kier molecular flexibility index (Phi) is 3.50. The second-order valence-corrected chi connectivity index (χ2v) is 4.91. The van der Waals surface area contributed by atoms with Crippen molar-refractivity contribution in [3.63, 3.8) is 0 Å². The average Bonchev–Trinajstić information content (AvgIpc) is 2.83. The van der Waals surface area contributed by atoms with Gasteiger partial charge in [0.15, 0.2) is 0 Å². The van der Waals surface area contributed by atoms with Gasteiger partial charge >= 0.3 is 5.97 Å². The summed E-state index contributed by atoms with van der Waals surface area (Å²) >= 11 is 3.31. The van der Waals surface area contributed by atoms with E-state index in [-0.39, 0.29) is 6.61 Å². The van der Waals surface area contributed by atoms with E-state index in [1.54, 1.807) is 0 Å². The fourth-order valence-corrected chi connectivity index (χ4v) is 2.58. The maximum absolute atomic E-state index is 10.6. The molecule has 0 radical (unpaired) electrons. The Balaban J connectivity index is 2.27. The lowest BCUT2D eigenvalue weighted by atomic mass is 10.0. The maximum Gasteiger partial charge on any atom is 0.329 e. The highest BCUT2D eigenvalue weighted by Gasteiger charge is 2.41. The van der Waals surface area contributed by atoms with Gasteiger partial charge in [0.05, 0.1) is 0 Å². The van der Waals surface area contributed by atoms with E-state index in [2.05, 4.69) is 26.2 Å². The first kappa shape index (κ1) is 12.5. The van der Waals surface area contributed by atoms with E-state index in [4.69, 9.17) is 9.84 Å². The largest absolute Gasteiger partial charge is 0.480 e. The molecule has 0 aliphatic carbocycles. The van der Waals surface area contributed by atoms with Crippen LogP contribution in [-0.2, 0) is 22.2 Å². The van der Waals surface area contributed by atoms with Crippen LogP contribution in [-0.4, -0.2) is 40.3 Å². The van der Waals surface area contributed by atoms with Crippen molar-refractivity contribution >= 4 is 21.9 Å². The molecule has 1 aromatic rings. The van der Waals surface area contributed by atoms with Crippen molar-refractivity contribution in [1.29, 1.82) is 0 Å². The van der Waals surface area contributed by atoms with Crippen LogP contribution in [0.5, 0.6) is 0 Å². The van der Waals surface area contributed by atoms with E-state index in [0.717, 1.165) is 23.4 Å². The van der Waals surface area contributed by atoms with Gasteiger partial charge in [-0.1, -0.05) is 0 Å². The standard InChI is InChI=1S/C10H14BrN3O3/c1-14-4-7(11)13-9(14)10(2-3-12-6-10)17-5-8(15)16/h4,12H,2-3,5-6H2,1H3,(H,15,16). The Morgan fingerprint density at radius 3 is 3.06 bits per heavy atom. The zero-order valence-electron chi connectivity index (χ0n) is 9.44. The molecule has 94 valence electrons. The minimum Gasteiger partial charge on any atom is -0.480 e. The van der Waals surface area contributed by atoms with Crippen LogP contribution in [0.3, 0.4) is 0 Å². The Hall–Kier alpha value is -0.920. The fraction of sp³-hybridized carbons (Fsp3) is 0.600. The lowest BCUT2D eigenvalue weighted by Gasteiger charge is -2.27. The molecule has 17 heavy (non-hydrogen) atoms. The van der Waals surface area contributed by atoms with Gasteiger partial charge in [0.2, 0.25) is 0 Å². The van der Waals surface area contributed by atoms with Gasteiger partial charge in [0.25, 0.3) is 0 Å². The molecule has 0 aromatic carbocycles. The summed E-state index contributed by atoms with van der Waals surface area (Å²) in [5, 5.41) is 11.9. The van der Waals surface area contributed by atoms with E-state index in [9.17, 15) is 4.79 Å². The molecule has 1 fully saturated rings. The number of hydrogen-bond acceptors (Lipinski definition) is 4. The van der Waals surface area contributed by atoms with E-state index < -0.39 is 11.6 Å². The Morgan fingerprint density at radius 1 is 1.82 bits per heavy atom. The summed E-state index contributed by atoms with van der Waals surface area (Å²) in [6.07, 6.45) is 2.55. The topological polar surface area (TPSA) is 76.4 Å². The van der Waals surface area contributed by atoms with Crippen LogP contribution in [0, 0.1) is 0 Å². The highest BCUT2D eigenvalue weighted by molar-refractivity contribution is 9.10. The first-order chi connectivity index (χ1) is 8.03. The minimum atomic E-state index is -0.968. The van der Waals surface area contributed by atoms with Gasteiger partial charge in [-0.15, -0.1) is 0 Å². The molecule has 1 saturated heterocycles. The van der Waals surface area contributed by atoms with Gasteiger partial charge in [-0.25, -0.2) is 9.78 Å². The molecule has 1 aliphatic heterocycles. The lowest BCUT2D eigenvalue weighted by molar-refractivity contribution is -0.150. The summed E-state index contributed by atoms with van der Waals surface area (Å²) in [7, 11) is 1.87. The van der Waals surface area contributed by atoms with E-state index in [1.165, 1.54) is 0 Å². The third kappa shape index (κ3) is 2.51. The number of imidazole rings is 1.